The fourth-order valence-electron chi connectivity index (χ4n) is 1.53. The molecule has 0 spiro atoms. The van der Waals surface area contributed by atoms with Crippen LogP contribution in [0.3, 0.4) is 0 Å². The molecule has 0 aliphatic heterocycles. The van der Waals surface area contributed by atoms with E-state index in [4.69, 9.17) is 14.6 Å². The highest BCUT2D eigenvalue weighted by Crippen LogP contribution is 2.28. The number of ether oxygens (including phenoxy) is 2. The highest BCUT2D eigenvalue weighted by molar-refractivity contribution is 7.89. The first-order valence-electron chi connectivity index (χ1n) is 5.74. The van der Waals surface area contributed by atoms with Gasteiger partial charge in [-0.15, -0.1) is 0 Å². The molecule has 5 nitrogen and oxygen atoms in total. The van der Waals surface area contributed by atoms with E-state index in [9.17, 15) is 8.42 Å². The quantitative estimate of drug-likeness (QED) is 0.605. The van der Waals surface area contributed by atoms with Gasteiger partial charge in [0, 0.05) is 6.61 Å². The van der Waals surface area contributed by atoms with E-state index in [1.807, 2.05) is 0 Å². The van der Waals surface area contributed by atoms with Crippen molar-refractivity contribution in [3.63, 3.8) is 0 Å². The van der Waals surface area contributed by atoms with Crippen molar-refractivity contribution in [1.29, 1.82) is 0 Å². The molecule has 0 unspecified atom stereocenters. The lowest BCUT2D eigenvalue weighted by Crippen LogP contribution is -2.21. The Balaban J connectivity index is 1.77. The minimum Gasteiger partial charge on any atom is -0.379 e. The van der Waals surface area contributed by atoms with Gasteiger partial charge in [-0.25, -0.2) is 13.6 Å². The molecule has 0 radical (unpaired) electrons. The molecule has 0 aromatic heterocycles. The van der Waals surface area contributed by atoms with E-state index in [1.54, 1.807) is 0 Å². The van der Waals surface area contributed by atoms with E-state index in [0.29, 0.717) is 13.2 Å². The fourth-order valence-corrected chi connectivity index (χ4v) is 1.88. The van der Waals surface area contributed by atoms with Gasteiger partial charge in [-0.1, -0.05) is 19.3 Å². The lowest BCUT2D eigenvalue weighted by Gasteiger charge is -2.24. The van der Waals surface area contributed by atoms with Crippen LogP contribution in [0.5, 0.6) is 0 Å². The van der Waals surface area contributed by atoms with Crippen molar-refractivity contribution < 1.29 is 17.9 Å². The number of rotatable bonds is 9. The van der Waals surface area contributed by atoms with Crippen molar-refractivity contribution in [3.8, 4) is 0 Å². The van der Waals surface area contributed by atoms with Crippen LogP contribution in [0.25, 0.3) is 0 Å². The minimum absolute atomic E-state index is 0.130. The molecule has 1 aliphatic rings. The van der Waals surface area contributed by atoms with Crippen LogP contribution < -0.4 is 5.14 Å². The van der Waals surface area contributed by atoms with E-state index < -0.39 is 10.0 Å². The monoisotopic (exact) mass is 251 g/mol. The summed E-state index contributed by atoms with van der Waals surface area (Å²) in [5.74, 6) is 0.734. The molecule has 0 aromatic rings. The maximum Gasteiger partial charge on any atom is 0.211 e. The summed E-state index contributed by atoms with van der Waals surface area (Å²) in [7, 11) is -3.39. The van der Waals surface area contributed by atoms with E-state index in [2.05, 4.69) is 0 Å². The summed E-state index contributed by atoms with van der Waals surface area (Å²) in [5.41, 5.74) is 0. The number of primary sulfonamides is 1. The summed E-state index contributed by atoms with van der Waals surface area (Å²) in [6.07, 6.45) is 5.18. The van der Waals surface area contributed by atoms with Crippen LogP contribution in [0.4, 0.5) is 0 Å². The van der Waals surface area contributed by atoms with Crippen molar-refractivity contribution in [3.05, 3.63) is 0 Å². The molecule has 0 atom stereocenters. The van der Waals surface area contributed by atoms with Gasteiger partial charge in [0.1, 0.15) is 0 Å². The Bertz CT molecular complexity index is 275. The smallest absolute Gasteiger partial charge is 0.211 e. The molecule has 1 aliphatic carbocycles. The third-order valence-electron chi connectivity index (χ3n) is 2.78. The molecule has 6 heteroatoms. The summed E-state index contributed by atoms with van der Waals surface area (Å²) in [5, 5.41) is 4.81. The SMILES string of the molecule is NS(=O)(=O)CCOCCOCCC1CCC1. The number of hydrogen-bond acceptors (Lipinski definition) is 4. The van der Waals surface area contributed by atoms with E-state index in [1.165, 1.54) is 19.3 Å². The van der Waals surface area contributed by atoms with Gasteiger partial charge in [0.25, 0.3) is 0 Å². The Morgan fingerprint density at radius 2 is 1.69 bits per heavy atom. The molecule has 0 heterocycles. The lowest BCUT2D eigenvalue weighted by molar-refractivity contribution is 0.0437. The van der Waals surface area contributed by atoms with E-state index in [0.717, 1.165) is 18.9 Å². The summed E-state index contributed by atoms with van der Waals surface area (Å²) in [4.78, 5) is 0. The molecule has 1 fully saturated rings. The first-order chi connectivity index (χ1) is 7.58. The zero-order chi connectivity index (χ0) is 11.9. The van der Waals surface area contributed by atoms with Gasteiger partial charge in [-0.2, -0.15) is 0 Å². The lowest BCUT2D eigenvalue weighted by atomic mass is 9.83. The van der Waals surface area contributed by atoms with Crippen LogP contribution in [0.15, 0.2) is 0 Å². The molecule has 1 rings (SSSR count). The molecular formula is C10H21NO4S. The first-order valence-corrected chi connectivity index (χ1v) is 7.45. The summed E-state index contributed by atoms with van der Waals surface area (Å²) < 4.78 is 31.5. The molecule has 0 saturated heterocycles. The van der Waals surface area contributed by atoms with Crippen molar-refractivity contribution in [2.45, 2.75) is 25.7 Å². The second-order valence-electron chi connectivity index (χ2n) is 4.18. The highest BCUT2D eigenvalue weighted by atomic mass is 32.2. The van der Waals surface area contributed by atoms with Gasteiger partial charge in [-0.3, -0.25) is 0 Å². The Kier molecular flexibility index (Phi) is 6.26. The molecule has 1 saturated carbocycles. The zero-order valence-electron chi connectivity index (χ0n) is 9.56. The number of sulfonamides is 1. The molecule has 0 aromatic carbocycles. The number of hydrogen-bond donors (Lipinski definition) is 1. The average Bonchev–Trinajstić information content (AvgIpc) is 2.10. The molecular weight excluding hydrogens is 230 g/mol. The Morgan fingerprint density at radius 1 is 1.06 bits per heavy atom. The van der Waals surface area contributed by atoms with Gasteiger partial charge in [0.2, 0.25) is 10.0 Å². The number of nitrogens with two attached hydrogens (primary N) is 1. The van der Waals surface area contributed by atoms with Crippen LogP contribution in [-0.4, -0.2) is 40.6 Å². The van der Waals surface area contributed by atoms with Crippen LogP contribution in [-0.2, 0) is 19.5 Å². The molecule has 0 amide bonds. The predicted octanol–water partition coefficient (Wildman–Crippen LogP) is 0.498. The van der Waals surface area contributed by atoms with E-state index in [-0.39, 0.29) is 12.4 Å². The second-order valence-corrected chi connectivity index (χ2v) is 5.91. The van der Waals surface area contributed by atoms with Gasteiger partial charge >= 0.3 is 0 Å². The van der Waals surface area contributed by atoms with Crippen molar-refractivity contribution in [1.82, 2.24) is 0 Å². The molecule has 16 heavy (non-hydrogen) atoms. The van der Waals surface area contributed by atoms with Crippen LogP contribution >= 0.6 is 0 Å². The van der Waals surface area contributed by atoms with Gasteiger partial charge in [-0.05, 0) is 12.3 Å². The highest BCUT2D eigenvalue weighted by Gasteiger charge is 2.16. The van der Waals surface area contributed by atoms with Crippen molar-refractivity contribution in [2.24, 2.45) is 11.1 Å². The summed E-state index contributed by atoms with van der Waals surface area (Å²) >= 11 is 0. The molecule has 96 valence electrons. The fraction of sp³-hybridized carbons (Fsp3) is 1.00. The minimum atomic E-state index is -3.39. The van der Waals surface area contributed by atoms with Crippen molar-refractivity contribution in [2.75, 3.05) is 32.2 Å². The second kappa shape index (κ2) is 7.21. The van der Waals surface area contributed by atoms with Crippen LogP contribution in [0, 0.1) is 5.92 Å². The van der Waals surface area contributed by atoms with Crippen LogP contribution in [0.1, 0.15) is 25.7 Å². The first kappa shape index (κ1) is 13.9. The Hall–Kier alpha value is -0.170. The summed E-state index contributed by atoms with van der Waals surface area (Å²) in [6, 6.07) is 0. The third-order valence-corrected chi connectivity index (χ3v) is 3.52. The van der Waals surface area contributed by atoms with Crippen molar-refractivity contribution >= 4 is 10.0 Å². The molecule has 0 bridgehead atoms. The predicted molar refractivity (Wildman–Crippen MR) is 61.6 cm³/mol. The van der Waals surface area contributed by atoms with Gasteiger partial charge in [0.15, 0.2) is 0 Å². The standard InChI is InChI=1S/C10H21NO4S/c11-16(12,13)9-8-15-7-6-14-5-4-10-2-1-3-10/h10H,1-9H2,(H2,11,12,13). The normalized spacial score (nSPS) is 17.3. The largest absolute Gasteiger partial charge is 0.379 e. The Morgan fingerprint density at radius 3 is 2.19 bits per heavy atom. The van der Waals surface area contributed by atoms with Crippen LogP contribution in [0.2, 0.25) is 0 Å². The maximum absolute atomic E-state index is 10.5. The van der Waals surface area contributed by atoms with Gasteiger partial charge < -0.3 is 9.47 Å². The third kappa shape index (κ3) is 7.16. The topological polar surface area (TPSA) is 78.6 Å². The zero-order valence-corrected chi connectivity index (χ0v) is 10.4. The Labute approximate surface area is 97.3 Å². The van der Waals surface area contributed by atoms with E-state index >= 15 is 0 Å². The maximum atomic E-state index is 10.5. The van der Waals surface area contributed by atoms with Gasteiger partial charge in [0.05, 0.1) is 25.6 Å². The average molecular weight is 251 g/mol. The molecule has 2 N–H and O–H groups in total. The summed E-state index contributed by atoms with van der Waals surface area (Å²) in [6.45, 7) is 1.88.